The second-order valence-electron chi connectivity index (χ2n) is 4.65. The van der Waals surface area contributed by atoms with Crippen LogP contribution in [0.15, 0.2) is 24.3 Å². The average Bonchev–Trinajstić information content (AvgIpc) is 2.41. The monoisotopic (exact) mass is 278 g/mol. The fraction of sp³-hybridized carbons (Fsp3) is 0.500. The Morgan fingerprint density at radius 1 is 1.05 bits per heavy atom. The van der Waals surface area contributed by atoms with E-state index >= 15 is 0 Å². The first-order chi connectivity index (χ1) is 9.56. The van der Waals surface area contributed by atoms with Gasteiger partial charge in [0.05, 0.1) is 25.6 Å². The zero-order valence-corrected chi connectivity index (χ0v) is 12.3. The Labute approximate surface area is 120 Å². The van der Waals surface area contributed by atoms with Crippen LogP contribution in [0.25, 0.3) is 0 Å². The zero-order chi connectivity index (χ0) is 15.0. The maximum absolute atomic E-state index is 11.9. The molecule has 4 nitrogen and oxygen atoms in total. The highest BCUT2D eigenvalue weighted by molar-refractivity contribution is 5.80. The van der Waals surface area contributed by atoms with Crippen molar-refractivity contribution in [2.45, 2.75) is 33.6 Å². The van der Waals surface area contributed by atoms with Gasteiger partial charge in [-0.1, -0.05) is 29.8 Å². The fourth-order valence-corrected chi connectivity index (χ4v) is 1.93. The van der Waals surface area contributed by atoms with Crippen LogP contribution in [0.3, 0.4) is 0 Å². The third-order valence-electron chi connectivity index (χ3n) is 2.94. The quantitative estimate of drug-likeness (QED) is 0.720. The van der Waals surface area contributed by atoms with Crippen LogP contribution < -0.4 is 0 Å². The molecule has 0 fully saturated rings. The van der Waals surface area contributed by atoms with Gasteiger partial charge in [0.2, 0.25) is 0 Å². The second kappa shape index (κ2) is 8.35. The molecule has 1 aromatic rings. The number of benzene rings is 1. The van der Waals surface area contributed by atoms with Crippen molar-refractivity contribution in [1.29, 1.82) is 0 Å². The summed E-state index contributed by atoms with van der Waals surface area (Å²) in [5.41, 5.74) is 2.17. The normalized spacial score (nSPS) is 11.8. The number of hydrogen-bond donors (Lipinski definition) is 0. The molecule has 0 aromatic heterocycles. The van der Waals surface area contributed by atoms with Gasteiger partial charge in [0.1, 0.15) is 0 Å². The lowest BCUT2D eigenvalue weighted by Crippen LogP contribution is -2.24. The molecule has 110 valence electrons. The van der Waals surface area contributed by atoms with Crippen molar-refractivity contribution in [2.75, 3.05) is 13.2 Å². The molecule has 0 N–H and O–H groups in total. The third kappa shape index (κ3) is 5.43. The van der Waals surface area contributed by atoms with Crippen molar-refractivity contribution >= 4 is 11.9 Å². The van der Waals surface area contributed by atoms with Gasteiger partial charge in [-0.3, -0.25) is 9.59 Å². The molecule has 1 aromatic carbocycles. The number of ether oxygens (including phenoxy) is 2. The molecule has 0 spiro atoms. The lowest BCUT2D eigenvalue weighted by Gasteiger charge is -2.15. The highest BCUT2D eigenvalue weighted by Crippen LogP contribution is 2.16. The van der Waals surface area contributed by atoms with E-state index in [9.17, 15) is 9.59 Å². The van der Waals surface area contributed by atoms with Crippen LogP contribution in [0.2, 0.25) is 0 Å². The number of carbonyl (C=O) groups excluding carboxylic acids is 2. The van der Waals surface area contributed by atoms with Gasteiger partial charge < -0.3 is 9.47 Å². The lowest BCUT2D eigenvalue weighted by atomic mass is 9.96. The molecule has 0 amide bonds. The number of hydrogen-bond acceptors (Lipinski definition) is 4. The molecule has 0 heterocycles. The second-order valence-corrected chi connectivity index (χ2v) is 4.65. The predicted octanol–water partition coefficient (Wildman–Crippen LogP) is 2.67. The van der Waals surface area contributed by atoms with Crippen molar-refractivity contribution in [2.24, 2.45) is 5.92 Å². The molecule has 0 aliphatic heterocycles. The zero-order valence-electron chi connectivity index (χ0n) is 12.3. The van der Waals surface area contributed by atoms with Gasteiger partial charge in [-0.05, 0) is 32.8 Å². The SMILES string of the molecule is CCOC(=O)C[C@@H](Cc1ccc(C)cc1)C(=O)OCC. The Kier molecular flexibility index (Phi) is 6.77. The first-order valence-electron chi connectivity index (χ1n) is 6.94. The van der Waals surface area contributed by atoms with Crippen LogP contribution >= 0.6 is 0 Å². The molecule has 0 saturated carbocycles. The summed E-state index contributed by atoms with van der Waals surface area (Å²) in [5.74, 6) is -1.20. The van der Waals surface area contributed by atoms with Crippen LogP contribution in [0.5, 0.6) is 0 Å². The Morgan fingerprint density at radius 2 is 1.65 bits per heavy atom. The number of carbonyl (C=O) groups is 2. The number of esters is 2. The van der Waals surface area contributed by atoms with Gasteiger partial charge in [-0.25, -0.2) is 0 Å². The van der Waals surface area contributed by atoms with Crippen LogP contribution in [-0.4, -0.2) is 25.2 Å². The summed E-state index contributed by atoms with van der Waals surface area (Å²) in [6.07, 6.45) is 0.540. The van der Waals surface area contributed by atoms with Crippen LogP contribution in [-0.2, 0) is 25.5 Å². The maximum Gasteiger partial charge on any atom is 0.309 e. The van der Waals surface area contributed by atoms with Crippen molar-refractivity contribution in [3.63, 3.8) is 0 Å². The van der Waals surface area contributed by atoms with Gasteiger partial charge in [0.25, 0.3) is 0 Å². The van der Waals surface area contributed by atoms with E-state index in [4.69, 9.17) is 9.47 Å². The molecular weight excluding hydrogens is 256 g/mol. The van der Waals surface area contributed by atoms with E-state index in [-0.39, 0.29) is 18.4 Å². The van der Waals surface area contributed by atoms with E-state index in [0.29, 0.717) is 19.6 Å². The molecule has 0 bridgehead atoms. The Morgan fingerprint density at radius 3 is 2.20 bits per heavy atom. The van der Waals surface area contributed by atoms with Gasteiger partial charge >= 0.3 is 11.9 Å². The molecule has 1 atom stereocenters. The third-order valence-corrected chi connectivity index (χ3v) is 2.94. The minimum absolute atomic E-state index is 0.0561. The fourth-order valence-electron chi connectivity index (χ4n) is 1.93. The highest BCUT2D eigenvalue weighted by atomic mass is 16.5. The molecule has 4 heteroatoms. The molecular formula is C16H22O4. The van der Waals surface area contributed by atoms with Crippen molar-refractivity contribution in [3.05, 3.63) is 35.4 Å². The largest absolute Gasteiger partial charge is 0.466 e. The van der Waals surface area contributed by atoms with Crippen LogP contribution in [0.1, 0.15) is 31.4 Å². The Bertz CT molecular complexity index is 436. The lowest BCUT2D eigenvalue weighted by molar-refractivity contribution is -0.154. The smallest absolute Gasteiger partial charge is 0.309 e. The number of aryl methyl sites for hydroxylation is 1. The maximum atomic E-state index is 11.9. The van der Waals surface area contributed by atoms with Crippen molar-refractivity contribution < 1.29 is 19.1 Å². The van der Waals surface area contributed by atoms with Crippen LogP contribution in [0.4, 0.5) is 0 Å². The molecule has 0 aliphatic rings. The van der Waals surface area contributed by atoms with E-state index in [0.717, 1.165) is 11.1 Å². The van der Waals surface area contributed by atoms with E-state index in [1.807, 2.05) is 31.2 Å². The van der Waals surface area contributed by atoms with Gasteiger partial charge in [0.15, 0.2) is 0 Å². The summed E-state index contributed by atoms with van der Waals surface area (Å²) in [6.45, 7) is 6.14. The summed E-state index contributed by atoms with van der Waals surface area (Å²) in [6, 6.07) is 7.91. The molecule has 0 saturated heterocycles. The number of rotatable bonds is 7. The minimum Gasteiger partial charge on any atom is -0.466 e. The molecule has 1 rings (SSSR count). The summed E-state index contributed by atoms with van der Waals surface area (Å²) >= 11 is 0. The van der Waals surface area contributed by atoms with Gasteiger partial charge in [-0.15, -0.1) is 0 Å². The van der Waals surface area contributed by atoms with Gasteiger partial charge in [0, 0.05) is 0 Å². The molecule has 0 aliphatic carbocycles. The van der Waals surface area contributed by atoms with E-state index in [1.54, 1.807) is 13.8 Å². The summed E-state index contributed by atoms with van der Waals surface area (Å²) < 4.78 is 9.94. The summed E-state index contributed by atoms with van der Waals surface area (Å²) in [5, 5.41) is 0. The van der Waals surface area contributed by atoms with Gasteiger partial charge in [-0.2, -0.15) is 0 Å². The standard InChI is InChI=1S/C16H22O4/c1-4-19-15(17)11-14(16(18)20-5-2)10-13-8-6-12(3)7-9-13/h6-9,14H,4-5,10-11H2,1-3H3/t14-/m1/s1. The predicted molar refractivity (Wildman–Crippen MR) is 76.3 cm³/mol. The van der Waals surface area contributed by atoms with Crippen molar-refractivity contribution in [3.8, 4) is 0 Å². The summed E-state index contributed by atoms with van der Waals surface area (Å²) in [7, 11) is 0. The molecule has 20 heavy (non-hydrogen) atoms. The first kappa shape index (κ1) is 16.2. The van der Waals surface area contributed by atoms with Crippen molar-refractivity contribution in [1.82, 2.24) is 0 Å². The Hall–Kier alpha value is -1.84. The molecule has 0 radical (unpaired) electrons. The first-order valence-corrected chi connectivity index (χ1v) is 6.94. The van der Waals surface area contributed by atoms with E-state index < -0.39 is 5.92 Å². The van der Waals surface area contributed by atoms with Crippen LogP contribution in [0, 0.1) is 12.8 Å². The molecule has 0 unspecified atom stereocenters. The highest BCUT2D eigenvalue weighted by Gasteiger charge is 2.24. The Balaban J connectivity index is 2.73. The summed E-state index contributed by atoms with van der Waals surface area (Å²) in [4.78, 5) is 23.5. The average molecular weight is 278 g/mol. The topological polar surface area (TPSA) is 52.6 Å². The van der Waals surface area contributed by atoms with E-state index in [1.165, 1.54) is 0 Å². The van der Waals surface area contributed by atoms with E-state index in [2.05, 4.69) is 0 Å². The minimum atomic E-state index is -0.489.